The Hall–Kier alpha value is -0.710. The van der Waals surface area contributed by atoms with Crippen molar-refractivity contribution < 1.29 is 4.74 Å². The van der Waals surface area contributed by atoms with Gasteiger partial charge in [0.05, 0.1) is 16.6 Å². The van der Waals surface area contributed by atoms with Crippen LogP contribution in [-0.4, -0.2) is 11.6 Å². The summed E-state index contributed by atoms with van der Waals surface area (Å²) in [7, 11) is 0. The minimum Gasteiger partial charge on any atom is -0.492 e. The van der Waals surface area contributed by atoms with E-state index in [9.17, 15) is 0 Å². The van der Waals surface area contributed by atoms with Gasteiger partial charge in [-0.3, -0.25) is 0 Å². The highest BCUT2D eigenvalue weighted by molar-refractivity contribution is 7.79. The van der Waals surface area contributed by atoms with Crippen molar-refractivity contribution in [3.05, 3.63) is 45.4 Å². The predicted octanol–water partition coefficient (Wildman–Crippen LogP) is 3.85. The zero-order valence-corrected chi connectivity index (χ0v) is 11.6. The van der Waals surface area contributed by atoms with Crippen LogP contribution in [0.5, 0.6) is 5.75 Å². The summed E-state index contributed by atoms with van der Waals surface area (Å²) < 4.78 is 5.60. The van der Waals surface area contributed by atoms with Crippen LogP contribution in [-0.2, 0) is 12.2 Å². The van der Waals surface area contributed by atoms with Crippen LogP contribution >= 0.6 is 35.6 Å². The van der Waals surface area contributed by atoms with E-state index in [0.29, 0.717) is 11.6 Å². The Morgan fingerprint density at radius 2 is 2.18 bits per heavy atom. The van der Waals surface area contributed by atoms with Crippen molar-refractivity contribution in [1.29, 1.82) is 0 Å². The first-order valence-electron chi connectivity index (χ1n) is 5.21. The zero-order chi connectivity index (χ0) is 12.1. The van der Waals surface area contributed by atoms with Gasteiger partial charge < -0.3 is 4.74 Å². The highest BCUT2D eigenvalue weighted by Crippen LogP contribution is 2.23. The first-order valence-corrected chi connectivity index (χ1v) is 7.04. The lowest BCUT2D eigenvalue weighted by molar-refractivity contribution is 0.322. The monoisotopic (exact) mass is 285 g/mol. The summed E-state index contributed by atoms with van der Waals surface area (Å²) in [5, 5.41) is 1.71. The third-order valence-electron chi connectivity index (χ3n) is 2.17. The molecule has 0 aliphatic rings. The zero-order valence-electron chi connectivity index (χ0n) is 9.10. The lowest BCUT2D eigenvalue weighted by Gasteiger charge is -2.06. The maximum absolute atomic E-state index is 5.98. The van der Waals surface area contributed by atoms with Gasteiger partial charge in [-0.2, -0.15) is 12.6 Å². The Morgan fingerprint density at radius 3 is 2.88 bits per heavy atom. The van der Waals surface area contributed by atoms with E-state index >= 15 is 0 Å². The molecule has 0 radical (unpaired) electrons. The molecule has 2 aromatic rings. The van der Waals surface area contributed by atoms with E-state index in [2.05, 4.69) is 17.6 Å². The average Bonchev–Trinajstić information content (AvgIpc) is 2.80. The maximum atomic E-state index is 5.98. The smallest absolute Gasteiger partial charge is 0.137 e. The summed E-state index contributed by atoms with van der Waals surface area (Å²) in [5.41, 5.74) is 0. The second kappa shape index (κ2) is 6.28. The van der Waals surface area contributed by atoms with Crippen LogP contribution in [0, 0.1) is 0 Å². The topological polar surface area (TPSA) is 22.1 Å². The summed E-state index contributed by atoms with van der Waals surface area (Å²) >= 11 is 11.9. The van der Waals surface area contributed by atoms with Gasteiger partial charge in [-0.15, -0.1) is 11.3 Å². The minimum atomic E-state index is 0.587. The fourth-order valence-electron chi connectivity index (χ4n) is 1.35. The highest BCUT2D eigenvalue weighted by Gasteiger charge is 2.03. The normalized spacial score (nSPS) is 10.5. The molecule has 0 aliphatic heterocycles. The SMILES string of the molecule is SCc1cnc(CCOc2ccccc2Cl)s1. The number of thiol groups is 1. The van der Waals surface area contributed by atoms with Gasteiger partial charge >= 0.3 is 0 Å². The van der Waals surface area contributed by atoms with Crippen LogP contribution in [0.15, 0.2) is 30.5 Å². The molecule has 0 unspecified atom stereocenters. The number of benzene rings is 1. The fourth-order valence-corrected chi connectivity index (χ4v) is 2.58. The van der Waals surface area contributed by atoms with Gasteiger partial charge in [-0.1, -0.05) is 23.7 Å². The molecule has 0 spiro atoms. The second-order valence-corrected chi connectivity index (χ2v) is 5.33. The maximum Gasteiger partial charge on any atom is 0.137 e. The summed E-state index contributed by atoms with van der Waals surface area (Å²) in [6, 6.07) is 7.47. The third-order valence-corrected chi connectivity index (χ3v) is 4.09. The van der Waals surface area contributed by atoms with Crippen LogP contribution in [0.25, 0.3) is 0 Å². The fraction of sp³-hybridized carbons (Fsp3) is 0.250. The molecule has 0 aliphatic carbocycles. The summed E-state index contributed by atoms with van der Waals surface area (Å²) in [4.78, 5) is 5.48. The molecule has 0 atom stereocenters. The number of hydrogen-bond donors (Lipinski definition) is 1. The molecule has 0 saturated heterocycles. The van der Waals surface area contributed by atoms with Crippen molar-refractivity contribution in [2.45, 2.75) is 12.2 Å². The Kier molecular flexibility index (Phi) is 4.71. The van der Waals surface area contributed by atoms with Gasteiger partial charge in [0.25, 0.3) is 0 Å². The largest absolute Gasteiger partial charge is 0.492 e. The molecule has 2 rings (SSSR count). The predicted molar refractivity (Wildman–Crippen MR) is 75.5 cm³/mol. The van der Waals surface area contributed by atoms with E-state index in [-0.39, 0.29) is 0 Å². The molecule has 0 bridgehead atoms. The van der Waals surface area contributed by atoms with Gasteiger partial charge in [0.1, 0.15) is 5.75 Å². The Bertz CT molecular complexity index is 487. The van der Waals surface area contributed by atoms with Crippen LogP contribution in [0.3, 0.4) is 0 Å². The number of rotatable bonds is 5. The molecular formula is C12H12ClNOS2. The van der Waals surface area contributed by atoms with Crippen molar-refractivity contribution in [1.82, 2.24) is 4.98 Å². The Morgan fingerprint density at radius 1 is 1.35 bits per heavy atom. The summed E-state index contributed by atoms with van der Waals surface area (Å²) in [6.45, 7) is 0.587. The molecule has 0 amide bonds. The first-order chi connectivity index (χ1) is 8.29. The number of halogens is 1. The van der Waals surface area contributed by atoms with Crippen molar-refractivity contribution in [3.8, 4) is 5.75 Å². The summed E-state index contributed by atoms with van der Waals surface area (Å²) in [6.07, 6.45) is 2.66. The van der Waals surface area contributed by atoms with E-state index in [0.717, 1.165) is 22.9 Å². The number of hydrogen-bond acceptors (Lipinski definition) is 4. The minimum absolute atomic E-state index is 0.587. The van der Waals surface area contributed by atoms with E-state index in [4.69, 9.17) is 16.3 Å². The molecule has 17 heavy (non-hydrogen) atoms. The molecule has 0 fully saturated rings. The molecule has 0 N–H and O–H groups in total. The van der Waals surface area contributed by atoms with Gasteiger partial charge in [-0.05, 0) is 12.1 Å². The van der Waals surface area contributed by atoms with E-state index < -0.39 is 0 Å². The lowest BCUT2D eigenvalue weighted by Crippen LogP contribution is -2.01. The Balaban J connectivity index is 1.85. The van der Waals surface area contributed by atoms with Crippen LogP contribution in [0.2, 0.25) is 5.02 Å². The molecule has 0 saturated carbocycles. The van der Waals surface area contributed by atoms with Crippen molar-refractivity contribution in [2.75, 3.05) is 6.61 Å². The number of para-hydroxylation sites is 1. The van der Waals surface area contributed by atoms with E-state index in [1.54, 1.807) is 11.3 Å². The number of aromatic nitrogens is 1. The molecule has 90 valence electrons. The molecule has 5 heteroatoms. The van der Waals surface area contributed by atoms with E-state index in [1.165, 1.54) is 4.88 Å². The number of ether oxygens (including phenoxy) is 1. The molecule has 1 heterocycles. The van der Waals surface area contributed by atoms with Crippen LogP contribution < -0.4 is 4.74 Å². The van der Waals surface area contributed by atoms with Crippen molar-refractivity contribution >= 4 is 35.6 Å². The molecule has 1 aromatic heterocycles. The number of nitrogens with zero attached hydrogens (tertiary/aromatic N) is 1. The van der Waals surface area contributed by atoms with Gasteiger partial charge in [0.15, 0.2) is 0 Å². The van der Waals surface area contributed by atoms with Crippen LogP contribution in [0.1, 0.15) is 9.88 Å². The lowest BCUT2D eigenvalue weighted by atomic mass is 10.3. The molecular weight excluding hydrogens is 274 g/mol. The quantitative estimate of drug-likeness (QED) is 0.843. The van der Waals surface area contributed by atoms with Gasteiger partial charge in [0.2, 0.25) is 0 Å². The second-order valence-electron chi connectivity index (χ2n) is 3.41. The average molecular weight is 286 g/mol. The van der Waals surface area contributed by atoms with Crippen LogP contribution in [0.4, 0.5) is 0 Å². The van der Waals surface area contributed by atoms with Gasteiger partial charge in [-0.25, -0.2) is 4.98 Å². The molecule has 1 aromatic carbocycles. The van der Waals surface area contributed by atoms with Crippen molar-refractivity contribution in [2.24, 2.45) is 0 Å². The third kappa shape index (κ3) is 3.63. The standard InChI is InChI=1S/C12H12ClNOS2/c13-10-3-1-2-4-11(10)15-6-5-12-14-7-9(8-16)17-12/h1-4,7,16H,5-6,8H2. The van der Waals surface area contributed by atoms with Crippen molar-refractivity contribution in [3.63, 3.8) is 0 Å². The number of thiazole rings is 1. The molecule has 2 nitrogen and oxygen atoms in total. The first kappa shape index (κ1) is 12.7. The van der Waals surface area contributed by atoms with Gasteiger partial charge in [0, 0.05) is 23.2 Å². The summed E-state index contributed by atoms with van der Waals surface area (Å²) in [5.74, 6) is 1.46. The highest BCUT2D eigenvalue weighted by atomic mass is 35.5. The Labute approximate surface area is 115 Å². The van der Waals surface area contributed by atoms with E-state index in [1.807, 2.05) is 30.5 Å².